The van der Waals surface area contributed by atoms with E-state index in [1.54, 1.807) is 30.3 Å². The molecule has 0 saturated carbocycles. The van der Waals surface area contributed by atoms with E-state index in [1.165, 1.54) is 12.3 Å². The van der Waals surface area contributed by atoms with Crippen LogP contribution < -0.4 is 5.43 Å². The zero-order valence-corrected chi connectivity index (χ0v) is 14.4. The summed E-state index contributed by atoms with van der Waals surface area (Å²) in [6, 6.07) is 9.68. The Bertz CT molecular complexity index is 703. The molecule has 7 heteroatoms. The molecule has 0 aliphatic heterocycles. The molecule has 21 heavy (non-hydrogen) atoms. The first-order valence-electron chi connectivity index (χ1n) is 5.74. The minimum atomic E-state index is -0.347. The molecule has 2 N–H and O–H groups in total. The largest absolute Gasteiger partial charge is 0.507 e. The van der Waals surface area contributed by atoms with Gasteiger partial charge in [0, 0.05) is 20.6 Å². The van der Waals surface area contributed by atoms with E-state index in [-0.39, 0.29) is 11.7 Å². The fraction of sp³-hybridized carbons (Fsp3) is 0. The fourth-order valence-corrected chi connectivity index (χ4v) is 2.70. The van der Waals surface area contributed by atoms with Gasteiger partial charge >= 0.3 is 0 Å². The van der Waals surface area contributed by atoms with Crippen LogP contribution >= 0.6 is 43.5 Å². The average molecular weight is 432 g/mol. The molecular weight excluding hydrogens is 423 g/mol. The van der Waals surface area contributed by atoms with Crippen LogP contribution in [0.1, 0.15) is 15.9 Å². The SMILES string of the molecule is O=C(N/N=C\c1cc(O)c(Br)cc1Br)c1ccc(Cl)cc1. The Kier molecular flexibility index (Phi) is 5.39. The van der Waals surface area contributed by atoms with Crippen LogP contribution in [0.2, 0.25) is 5.02 Å². The van der Waals surface area contributed by atoms with Crippen LogP contribution in [-0.4, -0.2) is 17.2 Å². The van der Waals surface area contributed by atoms with Gasteiger partial charge in [-0.2, -0.15) is 5.10 Å². The summed E-state index contributed by atoms with van der Waals surface area (Å²) in [6.45, 7) is 0. The van der Waals surface area contributed by atoms with E-state index in [2.05, 4.69) is 42.4 Å². The minimum absolute atomic E-state index is 0.0867. The van der Waals surface area contributed by atoms with Crippen LogP contribution in [0.4, 0.5) is 0 Å². The second kappa shape index (κ2) is 7.06. The second-order valence-electron chi connectivity index (χ2n) is 4.03. The Labute approximate surface area is 143 Å². The van der Waals surface area contributed by atoms with E-state index in [1.807, 2.05) is 0 Å². The zero-order valence-electron chi connectivity index (χ0n) is 10.5. The maximum absolute atomic E-state index is 11.8. The first kappa shape index (κ1) is 16.0. The molecule has 0 saturated heterocycles. The molecule has 0 bridgehead atoms. The standard InChI is InChI=1S/C14H9Br2ClN2O2/c15-11-6-12(16)13(20)5-9(11)7-18-19-14(21)8-1-3-10(17)4-2-8/h1-7,20H,(H,19,21)/b18-7-. The van der Waals surface area contributed by atoms with Crippen molar-refractivity contribution >= 4 is 55.6 Å². The summed E-state index contributed by atoms with van der Waals surface area (Å²) in [5.41, 5.74) is 3.49. The number of benzene rings is 2. The highest BCUT2D eigenvalue weighted by Gasteiger charge is 2.05. The van der Waals surface area contributed by atoms with Gasteiger partial charge in [-0.25, -0.2) is 5.43 Å². The molecule has 2 rings (SSSR count). The smallest absolute Gasteiger partial charge is 0.271 e. The summed E-state index contributed by atoms with van der Waals surface area (Å²) in [4.78, 5) is 11.8. The molecule has 0 aromatic heterocycles. The average Bonchev–Trinajstić information content (AvgIpc) is 2.45. The van der Waals surface area contributed by atoms with Crippen molar-refractivity contribution in [1.82, 2.24) is 5.43 Å². The molecule has 0 fully saturated rings. The number of carbonyl (C=O) groups is 1. The topological polar surface area (TPSA) is 61.7 Å². The summed E-state index contributed by atoms with van der Waals surface area (Å²) in [5, 5.41) is 14.0. The van der Waals surface area contributed by atoms with Gasteiger partial charge < -0.3 is 5.11 Å². The van der Waals surface area contributed by atoms with Gasteiger partial charge in [0.1, 0.15) is 5.75 Å². The fourth-order valence-electron chi connectivity index (χ4n) is 1.48. The zero-order chi connectivity index (χ0) is 15.4. The number of hydrogen-bond acceptors (Lipinski definition) is 3. The Balaban J connectivity index is 2.07. The van der Waals surface area contributed by atoms with E-state index < -0.39 is 0 Å². The Morgan fingerprint density at radius 1 is 1.19 bits per heavy atom. The molecule has 0 radical (unpaired) electrons. The maximum atomic E-state index is 11.8. The summed E-state index contributed by atoms with van der Waals surface area (Å²) in [5.74, 6) is -0.260. The van der Waals surface area contributed by atoms with E-state index in [0.717, 1.165) is 4.47 Å². The van der Waals surface area contributed by atoms with E-state index in [0.29, 0.717) is 20.6 Å². The molecule has 1 amide bonds. The molecule has 0 spiro atoms. The molecule has 108 valence electrons. The van der Waals surface area contributed by atoms with Crippen LogP contribution in [0.3, 0.4) is 0 Å². The number of phenols is 1. The van der Waals surface area contributed by atoms with Gasteiger partial charge in [-0.1, -0.05) is 27.5 Å². The van der Waals surface area contributed by atoms with E-state index >= 15 is 0 Å². The molecule has 2 aromatic carbocycles. The third kappa shape index (κ3) is 4.30. The molecule has 0 atom stereocenters. The molecular formula is C14H9Br2ClN2O2. The first-order valence-corrected chi connectivity index (χ1v) is 7.71. The number of amides is 1. The van der Waals surface area contributed by atoms with Gasteiger partial charge in [-0.3, -0.25) is 4.79 Å². The Hall–Kier alpha value is -1.37. The van der Waals surface area contributed by atoms with Crippen molar-refractivity contribution in [2.24, 2.45) is 5.10 Å². The quantitative estimate of drug-likeness (QED) is 0.560. The first-order chi connectivity index (χ1) is 9.97. The van der Waals surface area contributed by atoms with E-state index in [4.69, 9.17) is 11.6 Å². The summed E-state index contributed by atoms with van der Waals surface area (Å²) in [6.07, 6.45) is 1.43. The summed E-state index contributed by atoms with van der Waals surface area (Å²) < 4.78 is 1.30. The van der Waals surface area contributed by atoms with Gasteiger partial charge in [-0.15, -0.1) is 0 Å². The van der Waals surface area contributed by atoms with Gasteiger partial charge in [0.15, 0.2) is 0 Å². The van der Waals surface area contributed by atoms with Crippen LogP contribution in [0.5, 0.6) is 5.75 Å². The number of nitrogens with one attached hydrogen (secondary N) is 1. The number of halogens is 3. The lowest BCUT2D eigenvalue weighted by Gasteiger charge is -2.03. The normalized spacial score (nSPS) is 10.8. The Morgan fingerprint density at radius 2 is 1.86 bits per heavy atom. The second-order valence-corrected chi connectivity index (χ2v) is 6.18. The van der Waals surface area contributed by atoms with Crippen LogP contribution in [-0.2, 0) is 0 Å². The molecule has 2 aromatic rings. The number of hydrazone groups is 1. The number of aromatic hydroxyl groups is 1. The van der Waals surface area contributed by atoms with Gasteiger partial charge in [0.05, 0.1) is 10.7 Å². The molecule has 0 aliphatic carbocycles. The Morgan fingerprint density at radius 3 is 2.52 bits per heavy atom. The van der Waals surface area contributed by atoms with E-state index in [9.17, 15) is 9.90 Å². The van der Waals surface area contributed by atoms with Crippen molar-refractivity contribution in [2.75, 3.05) is 0 Å². The summed E-state index contributed by atoms with van der Waals surface area (Å²) in [7, 11) is 0. The molecule has 0 aliphatic rings. The predicted octanol–water partition coefficient (Wildman–Crippen LogP) is 4.33. The van der Waals surface area contributed by atoms with Crippen molar-refractivity contribution in [2.45, 2.75) is 0 Å². The lowest BCUT2D eigenvalue weighted by Crippen LogP contribution is -2.17. The number of nitrogens with zero attached hydrogens (tertiary/aromatic N) is 1. The van der Waals surface area contributed by atoms with Crippen molar-refractivity contribution in [1.29, 1.82) is 0 Å². The number of rotatable bonds is 3. The molecule has 0 unspecified atom stereocenters. The monoisotopic (exact) mass is 430 g/mol. The van der Waals surface area contributed by atoms with Crippen molar-refractivity contribution in [3.63, 3.8) is 0 Å². The van der Waals surface area contributed by atoms with Crippen LogP contribution in [0, 0.1) is 0 Å². The highest BCUT2D eigenvalue weighted by molar-refractivity contribution is 9.11. The van der Waals surface area contributed by atoms with Gasteiger partial charge in [-0.05, 0) is 52.3 Å². The highest BCUT2D eigenvalue weighted by Crippen LogP contribution is 2.29. The number of hydrogen-bond donors (Lipinski definition) is 2. The molecule has 0 heterocycles. The van der Waals surface area contributed by atoms with Crippen LogP contribution in [0.25, 0.3) is 0 Å². The minimum Gasteiger partial charge on any atom is -0.507 e. The van der Waals surface area contributed by atoms with Crippen molar-refractivity contribution in [3.05, 3.63) is 61.5 Å². The van der Waals surface area contributed by atoms with Gasteiger partial charge in [0.25, 0.3) is 5.91 Å². The van der Waals surface area contributed by atoms with Crippen LogP contribution in [0.15, 0.2) is 50.4 Å². The number of phenolic OH excluding ortho intramolecular Hbond substituents is 1. The number of carbonyl (C=O) groups excluding carboxylic acids is 1. The van der Waals surface area contributed by atoms with Crippen molar-refractivity contribution in [3.8, 4) is 5.75 Å². The highest BCUT2D eigenvalue weighted by atomic mass is 79.9. The lowest BCUT2D eigenvalue weighted by molar-refractivity contribution is 0.0955. The molecule has 4 nitrogen and oxygen atoms in total. The third-order valence-corrected chi connectivity index (χ3v) is 4.12. The predicted molar refractivity (Wildman–Crippen MR) is 90.0 cm³/mol. The third-order valence-electron chi connectivity index (χ3n) is 2.54. The lowest BCUT2D eigenvalue weighted by atomic mass is 10.2. The maximum Gasteiger partial charge on any atom is 0.271 e. The van der Waals surface area contributed by atoms with Crippen molar-refractivity contribution < 1.29 is 9.90 Å². The van der Waals surface area contributed by atoms with Gasteiger partial charge in [0.2, 0.25) is 0 Å². The summed E-state index contributed by atoms with van der Waals surface area (Å²) >= 11 is 12.3.